The summed E-state index contributed by atoms with van der Waals surface area (Å²) < 4.78 is 5.35. The van der Waals surface area contributed by atoms with Gasteiger partial charge in [-0.1, -0.05) is 18.2 Å². The van der Waals surface area contributed by atoms with Crippen LogP contribution in [0.15, 0.2) is 24.3 Å². The summed E-state index contributed by atoms with van der Waals surface area (Å²) in [5.41, 5.74) is 0.912. The summed E-state index contributed by atoms with van der Waals surface area (Å²) in [6, 6.07) is 7.63. The molecule has 3 rings (SSSR count). The van der Waals surface area contributed by atoms with Crippen LogP contribution in [0.3, 0.4) is 0 Å². The van der Waals surface area contributed by atoms with Crippen molar-refractivity contribution in [1.82, 2.24) is 20.1 Å². The Balaban J connectivity index is 1.79. The van der Waals surface area contributed by atoms with Gasteiger partial charge in [0.15, 0.2) is 5.82 Å². The molecule has 1 unspecified atom stereocenters. The van der Waals surface area contributed by atoms with Gasteiger partial charge in [0.05, 0.1) is 19.6 Å². The molecule has 6 heteroatoms. The zero-order valence-electron chi connectivity index (χ0n) is 13.6. The topological polar surface area (TPSA) is 71.1 Å². The van der Waals surface area contributed by atoms with E-state index in [9.17, 15) is 4.79 Å². The molecule has 1 saturated heterocycles. The van der Waals surface area contributed by atoms with Gasteiger partial charge in [-0.2, -0.15) is 5.10 Å². The van der Waals surface area contributed by atoms with Crippen molar-refractivity contribution in [2.24, 2.45) is 0 Å². The fourth-order valence-electron chi connectivity index (χ4n) is 3.12. The quantitative estimate of drug-likeness (QED) is 0.941. The minimum atomic E-state index is -0.0316. The van der Waals surface area contributed by atoms with E-state index >= 15 is 0 Å². The smallest absolute Gasteiger partial charge is 0.227 e. The highest BCUT2D eigenvalue weighted by Crippen LogP contribution is 2.30. The van der Waals surface area contributed by atoms with Crippen molar-refractivity contribution in [1.29, 1.82) is 0 Å². The highest BCUT2D eigenvalue weighted by Gasteiger charge is 2.30. The third-order valence-corrected chi connectivity index (χ3v) is 4.27. The summed E-state index contributed by atoms with van der Waals surface area (Å²) in [5.74, 6) is 2.35. The number of aromatic amines is 1. The standard InChI is InChI=1S/C17H22N4O2/c1-12-18-17(20-19-12)14-8-5-6-10-21(14)16(22)11-13-7-3-4-9-15(13)23-2/h3-4,7,9,14H,5-6,8,10-11H2,1-2H3,(H,18,19,20). The maximum Gasteiger partial charge on any atom is 0.227 e. The van der Waals surface area contributed by atoms with Gasteiger partial charge in [0, 0.05) is 12.1 Å². The normalized spacial score (nSPS) is 18.0. The van der Waals surface area contributed by atoms with Crippen molar-refractivity contribution in [3.05, 3.63) is 41.5 Å². The molecule has 122 valence electrons. The van der Waals surface area contributed by atoms with E-state index in [4.69, 9.17) is 4.74 Å². The first-order valence-corrected chi connectivity index (χ1v) is 7.99. The van der Waals surface area contributed by atoms with Crippen LogP contribution in [-0.2, 0) is 11.2 Å². The third kappa shape index (κ3) is 3.36. The van der Waals surface area contributed by atoms with Crippen LogP contribution in [0.25, 0.3) is 0 Å². The number of methoxy groups -OCH3 is 1. The van der Waals surface area contributed by atoms with Crippen LogP contribution in [0.4, 0.5) is 0 Å². The van der Waals surface area contributed by atoms with Crippen molar-refractivity contribution in [2.45, 2.75) is 38.6 Å². The number of nitrogens with one attached hydrogen (secondary N) is 1. The molecular weight excluding hydrogens is 292 g/mol. The second-order valence-corrected chi connectivity index (χ2v) is 5.87. The number of ether oxygens (including phenoxy) is 1. The van der Waals surface area contributed by atoms with Crippen LogP contribution in [0.5, 0.6) is 5.75 Å². The Morgan fingerprint density at radius 3 is 2.96 bits per heavy atom. The maximum absolute atomic E-state index is 12.8. The van der Waals surface area contributed by atoms with Crippen LogP contribution in [0.1, 0.15) is 42.5 Å². The predicted octanol–water partition coefficient (Wildman–Crippen LogP) is 2.42. The number of piperidine rings is 1. The minimum Gasteiger partial charge on any atom is -0.496 e. The molecule has 1 aliphatic rings. The van der Waals surface area contributed by atoms with Crippen molar-refractivity contribution < 1.29 is 9.53 Å². The third-order valence-electron chi connectivity index (χ3n) is 4.27. The molecule has 1 atom stereocenters. The molecule has 6 nitrogen and oxygen atoms in total. The van der Waals surface area contributed by atoms with Crippen LogP contribution in [0, 0.1) is 6.92 Å². The lowest BCUT2D eigenvalue weighted by molar-refractivity contribution is -0.134. The number of rotatable bonds is 4. The molecule has 1 amide bonds. The molecular formula is C17H22N4O2. The van der Waals surface area contributed by atoms with E-state index in [1.165, 1.54) is 0 Å². The highest BCUT2D eigenvalue weighted by molar-refractivity contribution is 5.80. The summed E-state index contributed by atoms with van der Waals surface area (Å²) in [6.45, 7) is 2.63. The molecule has 0 radical (unpaired) electrons. The first-order valence-electron chi connectivity index (χ1n) is 7.99. The van der Waals surface area contributed by atoms with E-state index in [1.54, 1.807) is 7.11 Å². The molecule has 0 spiro atoms. The van der Waals surface area contributed by atoms with Crippen LogP contribution >= 0.6 is 0 Å². The summed E-state index contributed by atoms with van der Waals surface area (Å²) in [4.78, 5) is 19.2. The molecule has 2 aromatic rings. The number of H-pyrrole nitrogens is 1. The van der Waals surface area contributed by atoms with Gasteiger partial charge in [-0.25, -0.2) is 4.98 Å². The number of aryl methyl sites for hydroxylation is 1. The van der Waals surface area contributed by atoms with Gasteiger partial charge >= 0.3 is 0 Å². The number of hydrogen-bond donors (Lipinski definition) is 1. The fraction of sp³-hybridized carbons (Fsp3) is 0.471. The number of benzene rings is 1. The number of aromatic nitrogens is 3. The van der Waals surface area contributed by atoms with Gasteiger partial charge in [-0.15, -0.1) is 0 Å². The van der Waals surface area contributed by atoms with Crippen LogP contribution < -0.4 is 4.74 Å². The zero-order valence-corrected chi connectivity index (χ0v) is 13.6. The Bertz CT molecular complexity index is 683. The Labute approximate surface area is 135 Å². The van der Waals surface area contributed by atoms with Gasteiger partial charge in [-0.05, 0) is 32.3 Å². The number of carbonyl (C=O) groups excluding carboxylic acids is 1. The second kappa shape index (κ2) is 6.81. The zero-order chi connectivity index (χ0) is 16.2. The largest absolute Gasteiger partial charge is 0.496 e. The van der Waals surface area contributed by atoms with Crippen molar-refractivity contribution in [3.8, 4) is 5.75 Å². The van der Waals surface area contributed by atoms with Gasteiger partial charge < -0.3 is 9.64 Å². The van der Waals surface area contributed by atoms with E-state index in [0.717, 1.165) is 48.8 Å². The molecule has 2 heterocycles. The Morgan fingerprint density at radius 1 is 1.39 bits per heavy atom. The molecule has 0 aliphatic carbocycles. The first kappa shape index (κ1) is 15.5. The molecule has 1 aromatic carbocycles. The summed E-state index contributed by atoms with van der Waals surface area (Å²) in [6.07, 6.45) is 3.37. The Kier molecular flexibility index (Phi) is 4.60. The highest BCUT2D eigenvalue weighted by atomic mass is 16.5. The molecule has 1 N–H and O–H groups in total. The fourth-order valence-corrected chi connectivity index (χ4v) is 3.12. The Morgan fingerprint density at radius 2 is 2.22 bits per heavy atom. The minimum absolute atomic E-state index is 0.0316. The number of nitrogens with zero attached hydrogens (tertiary/aromatic N) is 3. The van der Waals surface area contributed by atoms with Gasteiger partial charge in [0.1, 0.15) is 11.6 Å². The molecule has 23 heavy (non-hydrogen) atoms. The molecule has 0 saturated carbocycles. The van der Waals surface area contributed by atoms with Crippen molar-refractivity contribution >= 4 is 5.91 Å². The summed E-state index contributed by atoms with van der Waals surface area (Å²) >= 11 is 0. The average Bonchev–Trinajstić information content (AvgIpc) is 3.01. The van der Waals surface area contributed by atoms with Crippen molar-refractivity contribution in [3.63, 3.8) is 0 Å². The number of carbonyl (C=O) groups is 1. The number of likely N-dealkylation sites (tertiary alicyclic amines) is 1. The lowest BCUT2D eigenvalue weighted by Gasteiger charge is -2.34. The first-order chi connectivity index (χ1) is 11.2. The second-order valence-electron chi connectivity index (χ2n) is 5.87. The van der Waals surface area contributed by atoms with E-state index < -0.39 is 0 Å². The number of amides is 1. The van der Waals surface area contributed by atoms with Crippen molar-refractivity contribution in [2.75, 3.05) is 13.7 Å². The van der Waals surface area contributed by atoms with Crippen LogP contribution in [-0.4, -0.2) is 39.6 Å². The molecule has 1 fully saturated rings. The average molecular weight is 314 g/mol. The predicted molar refractivity (Wildman–Crippen MR) is 86.1 cm³/mol. The van der Waals surface area contributed by atoms with Gasteiger partial charge in [-0.3, -0.25) is 9.89 Å². The van der Waals surface area contributed by atoms with E-state index in [1.807, 2.05) is 36.1 Å². The van der Waals surface area contributed by atoms with Gasteiger partial charge in [0.25, 0.3) is 0 Å². The van der Waals surface area contributed by atoms with E-state index in [0.29, 0.717) is 6.42 Å². The lowest BCUT2D eigenvalue weighted by Crippen LogP contribution is -2.39. The maximum atomic E-state index is 12.8. The van der Waals surface area contributed by atoms with E-state index in [-0.39, 0.29) is 11.9 Å². The molecule has 1 aromatic heterocycles. The van der Waals surface area contributed by atoms with Gasteiger partial charge in [0.2, 0.25) is 5.91 Å². The van der Waals surface area contributed by atoms with Crippen LogP contribution in [0.2, 0.25) is 0 Å². The van der Waals surface area contributed by atoms with E-state index in [2.05, 4.69) is 15.2 Å². The number of para-hydroxylation sites is 1. The monoisotopic (exact) mass is 314 g/mol. The summed E-state index contributed by atoms with van der Waals surface area (Å²) in [5, 5.41) is 7.13. The molecule has 1 aliphatic heterocycles. The lowest BCUT2D eigenvalue weighted by atomic mass is 10.00. The number of hydrogen-bond acceptors (Lipinski definition) is 4. The molecule has 0 bridgehead atoms. The summed E-state index contributed by atoms with van der Waals surface area (Å²) in [7, 11) is 1.63. The Hall–Kier alpha value is -2.37. The SMILES string of the molecule is COc1ccccc1CC(=O)N1CCCCC1c1n[nH]c(C)n1.